The van der Waals surface area contributed by atoms with Crippen molar-refractivity contribution in [1.82, 2.24) is 0 Å². The minimum absolute atomic E-state index is 0. The van der Waals surface area contributed by atoms with E-state index >= 15 is 0 Å². The molecule has 0 saturated heterocycles. The standard InChI is InChI=1S/4C5H5.6CO.CH3Te.2Cr.F6P/c4*1-2-4-5-3-1;7*1-2;;;1-7(2,3,4,5)6/h4*1-5H;;;;;;;1H3;;;/q;;;;;;;;;;;;;-1. The molecule has 0 bridgehead atoms. The minimum atomic E-state index is -10.7. The first-order chi connectivity index (χ1) is 19.4. The van der Waals surface area contributed by atoms with Crippen LogP contribution < -0.4 is 0 Å². The van der Waals surface area contributed by atoms with Gasteiger partial charge in [-0.05, 0) is 128 Å². The van der Waals surface area contributed by atoms with E-state index in [1.165, 1.54) is 0 Å². The average Bonchev–Trinajstić information content (AvgIpc) is 3.85. The molecule has 21 radical (unpaired) electrons. The van der Waals surface area contributed by atoms with Gasteiger partial charge in [0.15, 0.2) is 0 Å². The van der Waals surface area contributed by atoms with Gasteiger partial charge in [-0.15, -0.1) is 0 Å². The van der Waals surface area contributed by atoms with E-state index < -0.39 is 7.81 Å². The molecule has 0 unspecified atom stereocenters. The Morgan fingerprint density at radius 1 is 0.302 bits per heavy atom. The summed E-state index contributed by atoms with van der Waals surface area (Å²) in [5, 5.41) is 0. The fraction of sp³-hybridized carbons (Fsp3) is 0.0370. The molecule has 4 saturated carbocycles. The Morgan fingerprint density at radius 2 is 0.326 bits per heavy atom. The molecule has 0 atom stereocenters. The molecule has 4 aliphatic carbocycles. The second-order valence-corrected chi connectivity index (χ2v) is 6.72. The summed E-state index contributed by atoms with van der Waals surface area (Å²) in [5.74, 6) is 0. The Kier molecular flexibility index (Phi) is 94.1. The van der Waals surface area contributed by atoms with Gasteiger partial charge in [0.05, 0.1) is 0 Å². The molecule has 0 aliphatic heterocycles. The van der Waals surface area contributed by atoms with Gasteiger partial charge in [-0.25, -0.2) is 0 Å². The first-order valence-corrected chi connectivity index (χ1v) is 13.7. The maximum Gasteiger partial charge on any atom is 0 e. The molecule has 0 amide bonds. The summed E-state index contributed by atoms with van der Waals surface area (Å²) in [7, 11) is -10.7. The number of hydrogen-bond donors (Lipinski definition) is 0. The molecule has 4 rings (SSSR count). The van der Waals surface area contributed by atoms with Crippen LogP contribution >= 0.6 is 7.81 Å². The minimum Gasteiger partial charge on any atom is -0.0312 e. The topological polar surface area (TPSA) is 119 Å². The van der Waals surface area contributed by atoms with E-state index in [4.69, 9.17) is 27.9 Å². The Morgan fingerprint density at radius 3 is 0.349 bits per heavy atom. The van der Waals surface area contributed by atoms with Gasteiger partial charge in [-0.2, -0.15) is 0 Å². The van der Waals surface area contributed by atoms with E-state index in [0.717, 1.165) is 0 Å². The Hall–Kier alpha value is 0.305. The smallest absolute Gasteiger partial charge is 0 e. The van der Waals surface area contributed by atoms with Crippen LogP contribution in [0.3, 0.4) is 0 Å². The largest absolute Gasteiger partial charge is 0.0312 e. The van der Waals surface area contributed by atoms with E-state index in [0.29, 0.717) is 0 Å². The predicted molar refractivity (Wildman–Crippen MR) is 135 cm³/mol. The van der Waals surface area contributed by atoms with Crippen molar-refractivity contribution < 1.29 is 87.8 Å². The summed E-state index contributed by atoms with van der Waals surface area (Å²) in [5.41, 5.74) is 0. The molecule has 0 spiro atoms. The molecule has 0 heterocycles. The first-order valence-electron chi connectivity index (χ1n) is 9.31. The summed E-state index contributed by atoms with van der Waals surface area (Å²) in [6, 6.07) is 0. The molecule has 16 heteroatoms. The van der Waals surface area contributed by atoms with Gasteiger partial charge < -0.3 is 0 Å². The maximum absolute atomic E-state index is 10.7. The Labute approximate surface area is 289 Å². The molecular weight excluding hydrogens is 797 g/mol. The third kappa shape index (κ3) is 167. The van der Waals surface area contributed by atoms with Crippen LogP contribution in [0.15, 0.2) is 0 Å². The van der Waals surface area contributed by atoms with E-state index in [1.54, 1.807) is 0 Å². The second-order valence-electron chi connectivity index (χ2n) is 4.81. The summed E-state index contributed by atoms with van der Waals surface area (Å²) in [6.45, 7) is 27.0. The van der Waals surface area contributed by atoms with Crippen LogP contribution in [0.1, 0.15) is 0 Å². The van der Waals surface area contributed by atoms with Gasteiger partial charge >= 0.3 is 128 Å². The molecule has 0 aromatic heterocycles. The average molecular weight is 820 g/mol. The number of hydrogen-bond acceptors (Lipinski definition) is 0. The molecule has 0 aromatic carbocycles. The van der Waals surface area contributed by atoms with Gasteiger partial charge in [0.25, 0.3) is 0 Å². The molecule has 43 heavy (non-hydrogen) atoms. The summed E-state index contributed by atoms with van der Waals surface area (Å²) >= 11 is 1.95. The zero-order valence-electron chi connectivity index (χ0n) is 21.9. The van der Waals surface area contributed by atoms with E-state index in [1.807, 2.05) is 156 Å². The Bertz CT molecular complexity index is 459. The van der Waals surface area contributed by atoms with Gasteiger partial charge in [0.1, 0.15) is 0 Å². The van der Waals surface area contributed by atoms with Crippen LogP contribution in [0.2, 0.25) is 4.97 Å². The van der Waals surface area contributed by atoms with Crippen molar-refractivity contribution >= 4 is 30.1 Å². The summed E-state index contributed by atoms with van der Waals surface area (Å²) in [6.07, 6.45) is 40.0. The van der Waals surface area contributed by atoms with Crippen LogP contribution in [-0.4, -0.2) is 22.3 Å². The quantitative estimate of drug-likeness (QED) is 0.0795. The van der Waals surface area contributed by atoms with E-state index in [-0.39, 0.29) is 34.7 Å². The molecular formula is C27H23Cr2F6O6PTe-. The summed E-state index contributed by atoms with van der Waals surface area (Å²) in [4.78, 5) is 2.01. The third-order valence-electron chi connectivity index (χ3n) is 2.22. The van der Waals surface area contributed by atoms with Crippen molar-refractivity contribution in [3.8, 4) is 0 Å². The van der Waals surface area contributed by atoms with Crippen molar-refractivity contribution in [2.24, 2.45) is 0 Å². The van der Waals surface area contributed by atoms with Crippen molar-refractivity contribution in [3.63, 3.8) is 0 Å². The predicted octanol–water partition coefficient (Wildman–Crippen LogP) is 7.44. The van der Waals surface area contributed by atoms with Crippen LogP contribution in [0.4, 0.5) is 25.2 Å². The molecule has 0 N–H and O–H groups in total. The zero-order valence-corrected chi connectivity index (χ0v) is 27.7. The molecule has 4 aliphatic rings. The van der Waals surface area contributed by atoms with Crippen molar-refractivity contribution in [2.75, 3.05) is 0 Å². The molecule has 0 aromatic rings. The van der Waals surface area contributed by atoms with Crippen LogP contribution in [-0.2, 0) is 62.6 Å². The van der Waals surface area contributed by atoms with Gasteiger partial charge in [0.2, 0.25) is 0 Å². The van der Waals surface area contributed by atoms with Crippen LogP contribution in [0.5, 0.6) is 0 Å². The summed E-state index contributed by atoms with van der Waals surface area (Å²) < 4.78 is 104. The fourth-order valence-electron chi connectivity index (χ4n) is 1.28. The molecule has 233 valence electrons. The monoisotopic (exact) mass is 822 g/mol. The molecule has 6 nitrogen and oxygen atoms in total. The number of halogens is 6. The van der Waals surface area contributed by atoms with Crippen molar-refractivity contribution in [1.29, 1.82) is 0 Å². The number of rotatable bonds is 0. The van der Waals surface area contributed by atoms with Crippen LogP contribution in [0, 0.1) is 168 Å². The second kappa shape index (κ2) is 57.9. The zero-order chi connectivity index (χ0) is 34.6. The van der Waals surface area contributed by atoms with Crippen molar-refractivity contribution in [2.45, 2.75) is 4.97 Å². The first kappa shape index (κ1) is 69.9. The third-order valence-corrected chi connectivity index (χ3v) is 2.22. The van der Waals surface area contributed by atoms with Gasteiger partial charge in [0, 0.05) is 34.7 Å². The van der Waals surface area contributed by atoms with Crippen LogP contribution in [0.25, 0.3) is 0 Å². The normalized spacial score (nSPS) is 15.3. The van der Waals surface area contributed by atoms with Gasteiger partial charge in [-0.1, -0.05) is 0 Å². The molecule has 4 fully saturated rings. The maximum atomic E-state index is 9.87. The SMILES string of the molecule is C[Te].F[P-](F)(F)(F)(F)F.[C-]#[O+].[C-]#[O+].[C-]#[O+].[C-]#[O+].[C-]#[O+].[C-]#[O+].[CH]1[CH][CH][CH][CH]1.[CH]1[CH][CH][CH][CH]1.[CH]1[CH][CH][CH][CH]1.[CH]1[CH][CH][CH][CH]1.[Cr].[Cr]. The fourth-order valence-corrected chi connectivity index (χ4v) is 1.28. The van der Waals surface area contributed by atoms with Gasteiger partial charge in [-0.3, -0.25) is 0 Å². The van der Waals surface area contributed by atoms with Crippen molar-refractivity contribution in [3.05, 3.63) is 168 Å². The Balaban J connectivity index is -0.0000000356. The van der Waals surface area contributed by atoms with E-state index in [2.05, 4.69) is 39.9 Å². The van der Waals surface area contributed by atoms with E-state index in [9.17, 15) is 25.2 Å².